The van der Waals surface area contributed by atoms with Crippen molar-refractivity contribution in [1.82, 2.24) is 9.13 Å². The molecule has 3 rings (SSSR count). The van der Waals surface area contributed by atoms with Crippen LogP contribution in [0.15, 0.2) is 47.3 Å². The lowest BCUT2D eigenvalue weighted by Crippen LogP contribution is -2.29. The molecule has 0 atom stereocenters. The molecule has 0 unspecified atom stereocenters. The molecule has 0 bridgehead atoms. The molecule has 0 radical (unpaired) electrons. The lowest BCUT2D eigenvalue weighted by molar-refractivity contribution is -0.116. The van der Waals surface area contributed by atoms with E-state index in [4.69, 9.17) is 0 Å². The molecule has 0 aliphatic heterocycles. The minimum Gasteiger partial charge on any atom is -0.324 e. The second kappa shape index (κ2) is 6.35. The first-order valence-electron chi connectivity index (χ1n) is 8.07. The van der Waals surface area contributed by atoms with E-state index in [9.17, 15) is 9.59 Å². The molecule has 5 heteroatoms. The second-order valence-electron chi connectivity index (χ2n) is 5.92. The number of hydrogen-bond donors (Lipinski definition) is 1. The summed E-state index contributed by atoms with van der Waals surface area (Å²) in [5.74, 6) is -0.200. The summed E-state index contributed by atoms with van der Waals surface area (Å²) in [5, 5.41) is 2.94. The predicted octanol–water partition coefficient (Wildman–Crippen LogP) is 3.08. The number of benzene rings is 2. The van der Waals surface area contributed by atoms with Crippen molar-refractivity contribution in [2.24, 2.45) is 0 Å². The van der Waals surface area contributed by atoms with Crippen LogP contribution in [0.1, 0.15) is 18.1 Å². The van der Waals surface area contributed by atoms with Crippen molar-refractivity contribution in [3.63, 3.8) is 0 Å². The van der Waals surface area contributed by atoms with Gasteiger partial charge in [-0.2, -0.15) is 0 Å². The zero-order valence-electron chi connectivity index (χ0n) is 14.2. The summed E-state index contributed by atoms with van der Waals surface area (Å²) in [6.45, 7) is 6.41. The Balaban J connectivity index is 1.94. The van der Waals surface area contributed by atoms with Gasteiger partial charge in [-0.15, -0.1) is 0 Å². The first-order chi connectivity index (χ1) is 11.5. The molecule has 0 saturated heterocycles. The number of fused-ring (bicyclic) bond motifs is 1. The minimum atomic E-state index is -0.200. The van der Waals surface area contributed by atoms with Gasteiger partial charge >= 0.3 is 5.69 Å². The molecule has 0 aliphatic carbocycles. The number of imidazole rings is 1. The third-order valence-electron chi connectivity index (χ3n) is 4.29. The molecular weight excluding hydrogens is 302 g/mol. The smallest absolute Gasteiger partial charge is 0.324 e. The summed E-state index contributed by atoms with van der Waals surface area (Å²) < 4.78 is 3.21. The van der Waals surface area contributed by atoms with Crippen molar-refractivity contribution in [3.8, 4) is 0 Å². The van der Waals surface area contributed by atoms with Crippen molar-refractivity contribution in [2.45, 2.75) is 33.9 Å². The number of carbonyl (C=O) groups is 1. The number of nitrogens with one attached hydrogen (secondary N) is 1. The molecule has 5 nitrogen and oxygen atoms in total. The first kappa shape index (κ1) is 16.1. The van der Waals surface area contributed by atoms with E-state index in [1.165, 1.54) is 4.57 Å². The fraction of sp³-hybridized carbons (Fsp3) is 0.263. The number of carbonyl (C=O) groups excluding carboxylic acids is 1. The van der Waals surface area contributed by atoms with E-state index in [2.05, 4.69) is 5.32 Å². The maximum Gasteiger partial charge on any atom is 0.329 e. The van der Waals surface area contributed by atoms with E-state index < -0.39 is 0 Å². The van der Waals surface area contributed by atoms with Crippen LogP contribution in [0.3, 0.4) is 0 Å². The SMILES string of the molecule is CCn1c(=O)n(CC(=O)Nc2c(C)cccc2C)c2ccccc21. The van der Waals surface area contributed by atoms with Crippen molar-refractivity contribution in [1.29, 1.82) is 0 Å². The third kappa shape index (κ3) is 2.73. The van der Waals surface area contributed by atoms with Crippen LogP contribution in [0.25, 0.3) is 11.0 Å². The van der Waals surface area contributed by atoms with E-state index in [0.717, 1.165) is 27.8 Å². The highest BCUT2D eigenvalue weighted by Gasteiger charge is 2.15. The Hall–Kier alpha value is -2.82. The molecule has 1 amide bonds. The largest absolute Gasteiger partial charge is 0.329 e. The summed E-state index contributed by atoms with van der Waals surface area (Å²) in [5.41, 5.74) is 4.30. The molecule has 1 aromatic heterocycles. The van der Waals surface area contributed by atoms with Gasteiger partial charge in [0.05, 0.1) is 11.0 Å². The van der Waals surface area contributed by atoms with Gasteiger partial charge < -0.3 is 5.32 Å². The lowest BCUT2D eigenvalue weighted by Gasteiger charge is -2.11. The number of aromatic nitrogens is 2. The van der Waals surface area contributed by atoms with E-state index in [-0.39, 0.29) is 18.1 Å². The van der Waals surface area contributed by atoms with E-state index in [1.54, 1.807) is 4.57 Å². The van der Waals surface area contributed by atoms with Gasteiger partial charge in [-0.05, 0) is 44.0 Å². The number of hydrogen-bond acceptors (Lipinski definition) is 2. The maximum absolute atomic E-state index is 12.6. The zero-order valence-corrected chi connectivity index (χ0v) is 14.2. The van der Waals surface area contributed by atoms with E-state index >= 15 is 0 Å². The van der Waals surface area contributed by atoms with Crippen LogP contribution in [0.5, 0.6) is 0 Å². The van der Waals surface area contributed by atoms with Gasteiger partial charge in [0.2, 0.25) is 5.91 Å². The predicted molar refractivity (Wildman–Crippen MR) is 96.4 cm³/mol. The van der Waals surface area contributed by atoms with E-state index in [0.29, 0.717) is 6.54 Å². The number of aryl methyl sites for hydroxylation is 3. The quantitative estimate of drug-likeness (QED) is 0.802. The van der Waals surface area contributed by atoms with Crippen LogP contribution < -0.4 is 11.0 Å². The van der Waals surface area contributed by atoms with Crippen molar-refractivity contribution < 1.29 is 4.79 Å². The second-order valence-corrected chi connectivity index (χ2v) is 5.92. The zero-order chi connectivity index (χ0) is 17.3. The Morgan fingerprint density at radius 2 is 1.54 bits per heavy atom. The van der Waals surface area contributed by atoms with Gasteiger partial charge in [-0.25, -0.2) is 4.79 Å². The third-order valence-corrected chi connectivity index (χ3v) is 4.29. The number of para-hydroxylation sites is 3. The standard InChI is InChI=1S/C19H21N3O2/c1-4-21-15-10-5-6-11-16(15)22(19(21)24)12-17(23)20-18-13(2)8-7-9-14(18)3/h5-11H,4,12H2,1-3H3,(H,20,23). The fourth-order valence-corrected chi connectivity index (χ4v) is 3.07. The van der Waals surface area contributed by atoms with Gasteiger partial charge in [0, 0.05) is 12.2 Å². The summed E-state index contributed by atoms with van der Waals surface area (Å²) in [7, 11) is 0. The first-order valence-corrected chi connectivity index (χ1v) is 8.07. The molecule has 0 spiro atoms. The number of anilines is 1. The monoisotopic (exact) mass is 323 g/mol. The molecule has 0 fully saturated rings. The summed E-state index contributed by atoms with van der Waals surface area (Å²) in [6, 6.07) is 13.4. The minimum absolute atomic E-state index is 0.000120. The van der Waals surface area contributed by atoms with Gasteiger partial charge in [-0.1, -0.05) is 30.3 Å². The summed E-state index contributed by atoms with van der Waals surface area (Å²) >= 11 is 0. The summed E-state index contributed by atoms with van der Waals surface area (Å²) in [4.78, 5) is 25.1. The normalized spacial score (nSPS) is 11.0. The molecule has 1 N–H and O–H groups in total. The van der Waals surface area contributed by atoms with Crippen LogP contribution in [0.2, 0.25) is 0 Å². The van der Waals surface area contributed by atoms with Crippen molar-refractivity contribution >= 4 is 22.6 Å². The Morgan fingerprint density at radius 3 is 2.12 bits per heavy atom. The molecule has 124 valence electrons. The average molecular weight is 323 g/mol. The van der Waals surface area contributed by atoms with Crippen molar-refractivity contribution in [2.75, 3.05) is 5.32 Å². The van der Waals surface area contributed by atoms with Crippen LogP contribution in [0, 0.1) is 13.8 Å². The molecule has 0 aliphatic rings. The highest BCUT2D eigenvalue weighted by atomic mass is 16.2. The molecule has 1 heterocycles. The number of amides is 1. The van der Waals surface area contributed by atoms with Crippen LogP contribution in [0.4, 0.5) is 5.69 Å². The van der Waals surface area contributed by atoms with Gasteiger partial charge in [0.15, 0.2) is 0 Å². The van der Waals surface area contributed by atoms with E-state index in [1.807, 2.05) is 63.2 Å². The number of nitrogens with zero attached hydrogens (tertiary/aromatic N) is 2. The van der Waals surface area contributed by atoms with Crippen LogP contribution >= 0.6 is 0 Å². The highest BCUT2D eigenvalue weighted by Crippen LogP contribution is 2.19. The summed E-state index contributed by atoms with van der Waals surface area (Å²) in [6.07, 6.45) is 0. The fourth-order valence-electron chi connectivity index (χ4n) is 3.07. The molecule has 0 saturated carbocycles. The average Bonchev–Trinajstić information content (AvgIpc) is 2.83. The Morgan fingerprint density at radius 1 is 0.958 bits per heavy atom. The number of rotatable bonds is 4. The Kier molecular flexibility index (Phi) is 4.25. The Labute approximate surface area is 140 Å². The molecule has 2 aromatic carbocycles. The van der Waals surface area contributed by atoms with Gasteiger partial charge in [0.1, 0.15) is 6.54 Å². The molecule has 3 aromatic rings. The maximum atomic E-state index is 12.6. The van der Waals surface area contributed by atoms with Crippen LogP contribution in [-0.2, 0) is 17.9 Å². The van der Waals surface area contributed by atoms with Crippen LogP contribution in [-0.4, -0.2) is 15.0 Å². The van der Waals surface area contributed by atoms with Crippen molar-refractivity contribution in [3.05, 3.63) is 64.1 Å². The Bertz CT molecular complexity index is 946. The molecular formula is C19H21N3O2. The highest BCUT2D eigenvalue weighted by molar-refractivity contribution is 5.93. The molecule has 24 heavy (non-hydrogen) atoms. The van der Waals surface area contributed by atoms with Gasteiger partial charge in [0.25, 0.3) is 0 Å². The van der Waals surface area contributed by atoms with Gasteiger partial charge in [-0.3, -0.25) is 13.9 Å². The topological polar surface area (TPSA) is 56.0 Å². The lowest BCUT2D eigenvalue weighted by atomic mass is 10.1.